The molecule has 0 spiro atoms. The van der Waals surface area contributed by atoms with Crippen LogP contribution >= 0.6 is 0 Å². The number of nitriles is 1. The number of nitrogens with two attached hydrogens (primary N) is 1. The van der Waals surface area contributed by atoms with Crippen LogP contribution < -0.4 is 15.8 Å². The Morgan fingerprint density at radius 3 is 2.45 bits per heavy atom. The number of nitrogens with one attached hydrogen (secondary N) is 1. The zero-order chi connectivity index (χ0) is 14.5. The number of primary amides is 1. The van der Waals surface area contributed by atoms with Gasteiger partial charge in [0, 0.05) is 11.8 Å². The van der Waals surface area contributed by atoms with Crippen LogP contribution in [0.4, 0.5) is 10.5 Å². The number of hydrogen-bond donors (Lipinski definition) is 2. The average molecular weight is 267 g/mol. The molecule has 2 aromatic carbocycles. The molecule has 0 aliphatic heterocycles. The number of anilines is 1. The Morgan fingerprint density at radius 2 is 1.85 bits per heavy atom. The van der Waals surface area contributed by atoms with Gasteiger partial charge < -0.3 is 15.8 Å². The number of aryl methyl sites for hydroxylation is 1. The van der Waals surface area contributed by atoms with Crippen molar-refractivity contribution in [2.45, 2.75) is 6.92 Å². The van der Waals surface area contributed by atoms with E-state index in [0.717, 1.165) is 5.56 Å². The first kappa shape index (κ1) is 13.4. The summed E-state index contributed by atoms with van der Waals surface area (Å²) < 4.78 is 5.65. The van der Waals surface area contributed by atoms with Crippen molar-refractivity contribution in [3.63, 3.8) is 0 Å². The van der Waals surface area contributed by atoms with Gasteiger partial charge in [0.05, 0.1) is 11.6 Å². The summed E-state index contributed by atoms with van der Waals surface area (Å²) in [5.41, 5.74) is 7.16. The molecule has 0 heterocycles. The van der Waals surface area contributed by atoms with E-state index in [1.54, 1.807) is 36.4 Å². The molecule has 2 amide bonds. The molecular formula is C15H13N3O2. The number of hydrogen-bond acceptors (Lipinski definition) is 3. The fraction of sp³-hybridized carbons (Fsp3) is 0.0667. The minimum atomic E-state index is -0.622. The predicted octanol–water partition coefficient (Wildman–Crippen LogP) is 3.15. The van der Waals surface area contributed by atoms with Crippen molar-refractivity contribution >= 4 is 11.7 Å². The topological polar surface area (TPSA) is 88.1 Å². The number of carbonyl (C=O) groups excluding carboxylic acids is 1. The van der Waals surface area contributed by atoms with E-state index in [1.807, 2.05) is 19.1 Å². The highest BCUT2D eigenvalue weighted by molar-refractivity contribution is 5.88. The highest BCUT2D eigenvalue weighted by atomic mass is 16.5. The molecule has 20 heavy (non-hydrogen) atoms. The molecule has 0 radical (unpaired) electrons. The molecule has 0 saturated heterocycles. The molecule has 0 aliphatic carbocycles. The van der Waals surface area contributed by atoms with Crippen molar-refractivity contribution in [1.82, 2.24) is 0 Å². The molecule has 0 bridgehead atoms. The normalized spacial score (nSPS) is 9.60. The number of benzene rings is 2. The Labute approximate surface area is 116 Å². The quantitative estimate of drug-likeness (QED) is 0.895. The zero-order valence-corrected chi connectivity index (χ0v) is 10.9. The maximum Gasteiger partial charge on any atom is 0.316 e. The number of ether oxygens (including phenoxy) is 1. The highest BCUT2D eigenvalue weighted by Crippen LogP contribution is 2.26. The second-order valence-corrected chi connectivity index (χ2v) is 4.20. The average Bonchev–Trinajstić information content (AvgIpc) is 2.43. The summed E-state index contributed by atoms with van der Waals surface area (Å²) in [6.07, 6.45) is 0. The van der Waals surface area contributed by atoms with Crippen molar-refractivity contribution in [3.8, 4) is 17.6 Å². The Hall–Kier alpha value is -3.00. The van der Waals surface area contributed by atoms with Gasteiger partial charge in [0.2, 0.25) is 0 Å². The van der Waals surface area contributed by atoms with Crippen molar-refractivity contribution in [1.29, 1.82) is 5.26 Å². The van der Waals surface area contributed by atoms with Crippen molar-refractivity contribution in [3.05, 3.63) is 53.6 Å². The summed E-state index contributed by atoms with van der Waals surface area (Å²) in [6.45, 7) is 1.86. The third kappa shape index (κ3) is 3.27. The lowest BCUT2D eigenvalue weighted by molar-refractivity contribution is 0.259. The molecule has 5 heteroatoms. The lowest BCUT2D eigenvalue weighted by Gasteiger charge is -2.10. The Kier molecular flexibility index (Phi) is 3.87. The molecule has 0 atom stereocenters. The summed E-state index contributed by atoms with van der Waals surface area (Å²) in [5.74, 6) is 1.18. The number of urea groups is 1. The van der Waals surface area contributed by atoms with Crippen LogP contribution in [0.3, 0.4) is 0 Å². The molecule has 0 unspecified atom stereocenters. The molecule has 0 aliphatic rings. The Balaban J connectivity index is 2.20. The van der Waals surface area contributed by atoms with E-state index in [0.29, 0.717) is 22.7 Å². The smallest absolute Gasteiger partial charge is 0.316 e. The third-order valence-electron chi connectivity index (χ3n) is 2.69. The molecular weight excluding hydrogens is 254 g/mol. The summed E-state index contributed by atoms with van der Waals surface area (Å²) in [4.78, 5) is 10.9. The van der Waals surface area contributed by atoms with E-state index >= 15 is 0 Å². The first-order valence-electron chi connectivity index (χ1n) is 5.93. The van der Waals surface area contributed by atoms with Gasteiger partial charge in [-0.15, -0.1) is 0 Å². The van der Waals surface area contributed by atoms with Crippen molar-refractivity contribution in [2.24, 2.45) is 5.73 Å². The highest BCUT2D eigenvalue weighted by Gasteiger charge is 2.04. The number of nitrogens with zero attached hydrogens (tertiary/aromatic N) is 1. The van der Waals surface area contributed by atoms with Crippen LogP contribution in [0.1, 0.15) is 11.1 Å². The SMILES string of the molecule is Cc1ccc(Oc2ccc(C#N)cc2)cc1NC(N)=O. The molecule has 0 saturated carbocycles. The molecule has 0 fully saturated rings. The molecule has 2 rings (SSSR count). The first-order chi connectivity index (χ1) is 9.58. The van der Waals surface area contributed by atoms with Gasteiger partial charge in [-0.3, -0.25) is 0 Å². The standard InChI is InChI=1S/C15H13N3O2/c1-10-2-5-13(8-14(10)18-15(17)19)20-12-6-3-11(9-16)4-7-12/h2-8H,1H3,(H3,17,18,19). The molecule has 100 valence electrons. The van der Waals surface area contributed by atoms with Gasteiger partial charge >= 0.3 is 6.03 Å². The van der Waals surface area contributed by atoms with E-state index in [9.17, 15) is 4.79 Å². The third-order valence-corrected chi connectivity index (χ3v) is 2.69. The van der Waals surface area contributed by atoms with E-state index in [2.05, 4.69) is 5.32 Å². The van der Waals surface area contributed by atoms with Gasteiger partial charge in [0.15, 0.2) is 0 Å². The second kappa shape index (κ2) is 5.76. The summed E-state index contributed by atoms with van der Waals surface area (Å²) in [5, 5.41) is 11.3. The predicted molar refractivity (Wildman–Crippen MR) is 75.6 cm³/mol. The van der Waals surface area contributed by atoms with Crippen LogP contribution in [-0.4, -0.2) is 6.03 Å². The van der Waals surface area contributed by atoms with Gasteiger partial charge in [-0.25, -0.2) is 4.79 Å². The van der Waals surface area contributed by atoms with Crippen LogP contribution in [0.15, 0.2) is 42.5 Å². The lowest BCUT2D eigenvalue weighted by Crippen LogP contribution is -2.19. The summed E-state index contributed by atoms with van der Waals surface area (Å²) >= 11 is 0. The molecule has 0 aromatic heterocycles. The van der Waals surface area contributed by atoms with E-state index in [4.69, 9.17) is 15.7 Å². The van der Waals surface area contributed by atoms with Gasteiger partial charge in [0.1, 0.15) is 11.5 Å². The van der Waals surface area contributed by atoms with Gasteiger partial charge in [-0.1, -0.05) is 6.07 Å². The number of carbonyl (C=O) groups is 1. The van der Waals surface area contributed by atoms with Gasteiger partial charge in [-0.2, -0.15) is 5.26 Å². The Bertz CT molecular complexity index is 673. The first-order valence-corrected chi connectivity index (χ1v) is 5.93. The van der Waals surface area contributed by atoms with Crippen LogP contribution in [0, 0.1) is 18.3 Å². The van der Waals surface area contributed by atoms with E-state index < -0.39 is 6.03 Å². The largest absolute Gasteiger partial charge is 0.457 e. The van der Waals surface area contributed by atoms with Gasteiger partial charge in [0.25, 0.3) is 0 Å². The lowest BCUT2D eigenvalue weighted by atomic mass is 10.2. The Morgan fingerprint density at radius 1 is 1.20 bits per heavy atom. The van der Waals surface area contributed by atoms with Crippen molar-refractivity contribution < 1.29 is 9.53 Å². The van der Waals surface area contributed by atoms with Crippen LogP contribution in [0.25, 0.3) is 0 Å². The number of rotatable bonds is 3. The number of amides is 2. The van der Waals surface area contributed by atoms with E-state index in [1.165, 1.54) is 0 Å². The minimum absolute atomic E-state index is 0.567. The molecule has 3 N–H and O–H groups in total. The maximum absolute atomic E-state index is 10.9. The zero-order valence-electron chi connectivity index (χ0n) is 10.9. The van der Waals surface area contributed by atoms with Gasteiger partial charge in [-0.05, 0) is 42.8 Å². The fourth-order valence-electron chi connectivity index (χ4n) is 1.67. The van der Waals surface area contributed by atoms with Crippen LogP contribution in [-0.2, 0) is 0 Å². The molecule has 5 nitrogen and oxygen atoms in total. The fourth-order valence-corrected chi connectivity index (χ4v) is 1.67. The van der Waals surface area contributed by atoms with Crippen LogP contribution in [0.2, 0.25) is 0 Å². The van der Waals surface area contributed by atoms with E-state index in [-0.39, 0.29) is 0 Å². The second-order valence-electron chi connectivity index (χ2n) is 4.20. The monoisotopic (exact) mass is 267 g/mol. The summed E-state index contributed by atoms with van der Waals surface area (Å²) in [6, 6.07) is 13.5. The minimum Gasteiger partial charge on any atom is -0.457 e. The molecule has 2 aromatic rings. The maximum atomic E-state index is 10.9. The van der Waals surface area contributed by atoms with Crippen molar-refractivity contribution in [2.75, 3.05) is 5.32 Å². The van der Waals surface area contributed by atoms with Crippen LogP contribution in [0.5, 0.6) is 11.5 Å². The summed E-state index contributed by atoms with van der Waals surface area (Å²) in [7, 11) is 0.